The van der Waals surface area contributed by atoms with Crippen LogP contribution in [0.2, 0.25) is 0 Å². The van der Waals surface area contributed by atoms with Crippen molar-refractivity contribution < 1.29 is 9.13 Å². The molecule has 1 rings (SSSR count). The van der Waals surface area contributed by atoms with Crippen molar-refractivity contribution in [1.82, 2.24) is 5.32 Å². The fraction of sp³-hybridized carbons (Fsp3) is 0.625. The van der Waals surface area contributed by atoms with Gasteiger partial charge in [-0.25, -0.2) is 4.39 Å². The van der Waals surface area contributed by atoms with Crippen LogP contribution in [-0.2, 0) is 4.74 Å². The van der Waals surface area contributed by atoms with E-state index in [-0.39, 0.29) is 18.0 Å². The van der Waals surface area contributed by atoms with Gasteiger partial charge in [0.05, 0.1) is 12.2 Å². The summed E-state index contributed by atoms with van der Waals surface area (Å²) in [6, 6.07) is 6.71. The highest BCUT2D eigenvalue weighted by Gasteiger charge is 2.15. The van der Waals surface area contributed by atoms with Gasteiger partial charge in [0, 0.05) is 6.54 Å². The van der Waals surface area contributed by atoms with Crippen molar-refractivity contribution in [2.45, 2.75) is 52.2 Å². The molecule has 3 heteroatoms. The van der Waals surface area contributed by atoms with Crippen LogP contribution in [0.5, 0.6) is 0 Å². The van der Waals surface area contributed by atoms with Crippen LogP contribution >= 0.6 is 0 Å². The first-order valence-corrected chi connectivity index (χ1v) is 7.29. The summed E-state index contributed by atoms with van der Waals surface area (Å²) < 4.78 is 19.4. The topological polar surface area (TPSA) is 21.3 Å². The monoisotopic (exact) mass is 267 g/mol. The largest absolute Gasteiger partial charge is 0.369 e. The Morgan fingerprint density at radius 1 is 1.26 bits per heavy atom. The van der Waals surface area contributed by atoms with Gasteiger partial charge in [0.15, 0.2) is 0 Å². The zero-order chi connectivity index (χ0) is 14.1. The van der Waals surface area contributed by atoms with Crippen molar-refractivity contribution in [1.29, 1.82) is 0 Å². The van der Waals surface area contributed by atoms with E-state index in [0.717, 1.165) is 37.9 Å². The Balaban J connectivity index is 2.67. The van der Waals surface area contributed by atoms with Crippen LogP contribution in [0.15, 0.2) is 24.3 Å². The van der Waals surface area contributed by atoms with Crippen molar-refractivity contribution in [3.8, 4) is 0 Å². The van der Waals surface area contributed by atoms with Crippen LogP contribution in [-0.4, -0.2) is 19.2 Å². The van der Waals surface area contributed by atoms with Gasteiger partial charge < -0.3 is 10.1 Å². The minimum Gasteiger partial charge on any atom is -0.369 e. The maximum absolute atomic E-state index is 13.3. The van der Waals surface area contributed by atoms with Crippen LogP contribution in [0.25, 0.3) is 0 Å². The van der Waals surface area contributed by atoms with Crippen molar-refractivity contribution in [3.05, 3.63) is 35.6 Å². The number of hydrogen-bond acceptors (Lipinski definition) is 2. The molecular weight excluding hydrogens is 241 g/mol. The quantitative estimate of drug-likeness (QED) is 0.681. The molecule has 108 valence electrons. The molecule has 1 aromatic carbocycles. The number of rotatable bonds is 9. The Hall–Kier alpha value is -0.930. The lowest BCUT2D eigenvalue weighted by atomic mass is 10.1. The third-order valence-electron chi connectivity index (χ3n) is 3.07. The van der Waals surface area contributed by atoms with E-state index in [1.165, 1.54) is 6.07 Å². The minimum atomic E-state index is -0.204. The Kier molecular flexibility index (Phi) is 7.68. The van der Waals surface area contributed by atoms with Gasteiger partial charge in [-0.05, 0) is 44.0 Å². The smallest absolute Gasteiger partial charge is 0.123 e. The molecule has 2 unspecified atom stereocenters. The Labute approximate surface area is 116 Å². The highest BCUT2D eigenvalue weighted by molar-refractivity contribution is 5.19. The number of benzene rings is 1. The molecule has 0 aliphatic heterocycles. The lowest BCUT2D eigenvalue weighted by Crippen LogP contribution is -2.26. The van der Waals surface area contributed by atoms with E-state index < -0.39 is 0 Å². The Morgan fingerprint density at radius 3 is 2.68 bits per heavy atom. The van der Waals surface area contributed by atoms with E-state index in [1.54, 1.807) is 12.1 Å². The molecule has 0 bridgehead atoms. The predicted molar refractivity (Wildman–Crippen MR) is 77.8 cm³/mol. The van der Waals surface area contributed by atoms with Crippen molar-refractivity contribution >= 4 is 0 Å². The fourth-order valence-electron chi connectivity index (χ4n) is 2.12. The van der Waals surface area contributed by atoms with Crippen LogP contribution in [0.1, 0.15) is 51.7 Å². The van der Waals surface area contributed by atoms with Crippen molar-refractivity contribution in [2.24, 2.45) is 0 Å². The second-order valence-electron chi connectivity index (χ2n) is 4.98. The van der Waals surface area contributed by atoms with Crippen LogP contribution in [0.3, 0.4) is 0 Å². The molecule has 19 heavy (non-hydrogen) atoms. The number of ether oxygens (including phenoxy) is 1. The normalized spacial score (nSPS) is 14.3. The van der Waals surface area contributed by atoms with E-state index in [2.05, 4.69) is 26.1 Å². The van der Waals surface area contributed by atoms with E-state index in [0.29, 0.717) is 0 Å². The molecule has 2 atom stereocenters. The zero-order valence-electron chi connectivity index (χ0n) is 12.3. The number of nitrogens with one attached hydrogen (secondary N) is 1. The second-order valence-corrected chi connectivity index (χ2v) is 4.98. The Bertz CT molecular complexity index is 356. The van der Waals surface area contributed by atoms with Crippen LogP contribution in [0.4, 0.5) is 4.39 Å². The summed E-state index contributed by atoms with van der Waals surface area (Å²) in [5.41, 5.74) is 0.909. The van der Waals surface area contributed by atoms with Crippen molar-refractivity contribution in [3.63, 3.8) is 0 Å². The Morgan fingerprint density at radius 2 is 2.05 bits per heavy atom. The van der Waals surface area contributed by atoms with Crippen molar-refractivity contribution in [2.75, 3.05) is 13.1 Å². The lowest BCUT2D eigenvalue weighted by molar-refractivity contribution is -0.00726. The van der Waals surface area contributed by atoms with E-state index in [4.69, 9.17) is 4.74 Å². The average Bonchev–Trinajstić information content (AvgIpc) is 2.38. The van der Waals surface area contributed by atoms with E-state index >= 15 is 0 Å². The van der Waals surface area contributed by atoms with Gasteiger partial charge in [0.25, 0.3) is 0 Å². The second kappa shape index (κ2) is 9.05. The fourth-order valence-corrected chi connectivity index (χ4v) is 2.12. The molecule has 0 heterocycles. The molecule has 0 aromatic heterocycles. The highest BCUT2D eigenvalue weighted by atomic mass is 19.1. The van der Waals surface area contributed by atoms with Gasteiger partial charge in [0.2, 0.25) is 0 Å². The summed E-state index contributed by atoms with van der Waals surface area (Å²) in [5, 5.41) is 3.35. The van der Waals surface area contributed by atoms with Gasteiger partial charge >= 0.3 is 0 Å². The zero-order valence-corrected chi connectivity index (χ0v) is 12.3. The molecule has 0 aliphatic rings. The summed E-state index contributed by atoms with van der Waals surface area (Å²) in [5.74, 6) is -0.204. The van der Waals surface area contributed by atoms with Crippen LogP contribution < -0.4 is 5.32 Å². The molecule has 1 aromatic rings. The molecule has 0 amide bonds. The molecular formula is C16H26FNO. The van der Waals surface area contributed by atoms with Gasteiger partial charge in [-0.15, -0.1) is 0 Å². The standard InChI is InChI=1S/C16H26FNO/c1-4-7-13(3)19-16(12-18-10-5-2)14-8-6-9-15(17)11-14/h6,8-9,11,13,16,18H,4-5,7,10,12H2,1-3H3. The molecule has 0 aliphatic carbocycles. The number of halogens is 1. The SMILES string of the molecule is CCCNCC(OC(C)CCC)c1cccc(F)c1. The maximum Gasteiger partial charge on any atom is 0.123 e. The first-order chi connectivity index (χ1) is 9.17. The van der Waals surface area contributed by atoms with Gasteiger partial charge in [-0.1, -0.05) is 32.4 Å². The molecule has 0 fully saturated rings. The number of hydrogen-bond donors (Lipinski definition) is 1. The molecule has 0 spiro atoms. The summed E-state index contributed by atoms with van der Waals surface area (Å²) in [4.78, 5) is 0. The van der Waals surface area contributed by atoms with Gasteiger partial charge in [-0.3, -0.25) is 0 Å². The molecule has 2 nitrogen and oxygen atoms in total. The minimum absolute atomic E-state index is 0.0798. The summed E-state index contributed by atoms with van der Waals surface area (Å²) in [6.07, 6.45) is 3.32. The predicted octanol–water partition coefficient (Wildman–Crippen LogP) is 4.07. The third kappa shape index (κ3) is 6.17. The molecule has 0 saturated heterocycles. The average molecular weight is 267 g/mol. The first-order valence-electron chi connectivity index (χ1n) is 7.29. The highest BCUT2D eigenvalue weighted by Crippen LogP contribution is 2.21. The molecule has 1 N–H and O–H groups in total. The summed E-state index contributed by atoms with van der Waals surface area (Å²) in [7, 11) is 0. The molecule has 0 saturated carbocycles. The summed E-state index contributed by atoms with van der Waals surface area (Å²) in [6.45, 7) is 8.04. The third-order valence-corrected chi connectivity index (χ3v) is 3.07. The van der Waals surface area contributed by atoms with Crippen LogP contribution in [0, 0.1) is 5.82 Å². The maximum atomic E-state index is 13.3. The van der Waals surface area contributed by atoms with E-state index in [9.17, 15) is 4.39 Å². The van der Waals surface area contributed by atoms with Gasteiger partial charge in [0.1, 0.15) is 5.82 Å². The molecule has 0 radical (unpaired) electrons. The van der Waals surface area contributed by atoms with E-state index in [1.807, 2.05) is 6.07 Å². The lowest BCUT2D eigenvalue weighted by Gasteiger charge is -2.23. The first kappa shape index (κ1) is 16.1. The summed E-state index contributed by atoms with van der Waals surface area (Å²) >= 11 is 0. The van der Waals surface area contributed by atoms with Gasteiger partial charge in [-0.2, -0.15) is 0 Å².